The topological polar surface area (TPSA) is 104 Å². The number of aryl methyl sites for hydroxylation is 2. The maximum Gasteiger partial charge on any atom is 0.241 e. The first-order chi connectivity index (χ1) is 11.1. The van der Waals surface area contributed by atoms with E-state index in [-0.39, 0.29) is 17.3 Å². The van der Waals surface area contributed by atoms with Crippen LogP contribution in [0.2, 0.25) is 0 Å². The monoisotopic (exact) mass is 376 g/mol. The van der Waals surface area contributed by atoms with E-state index in [0.29, 0.717) is 29.8 Å². The lowest BCUT2D eigenvalue weighted by molar-refractivity contribution is 0.265. The molecule has 1 aromatic rings. The van der Waals surface area contributed by atoms with E-state index in [9.17, 15) is 16.8 Å². The van der Waals surface area contributed by atoms with Crippen LogP contribution in [0.15, 0.2) is 17.0 Å². The van der Waals surface area contributed by atoms with Crippen molar-refractivity contribution in [2.75, 3.05) is 23.2 Å². The molecule has 0 unspecified atom stereocenters. The molecule has 1 fully saturated rings. The number of hydrogen-bond acceptors (Lipinski definition) is 5. The normalized spacial score (nSPS) is 19.2. The Bertz CT molecular complexity index is 795. The second kappa shape index (κ2) is 6.99. The van der Waals surface area contributed by atoms with Crippen molar-refractivity contribution in [3.05, 3.63) is 23.3 Å². The molecule has 9 heteroatoms. The van der Waals surface area contributed by atoms with Gasteiger partial charge in [-0.2, -0.15) is 0 Å². The van der Waals surface area contributed by atoms with E-state index >= 15 is 0 Å². The molecule has 0 saturated carbocycles. The molecule has 0 bridgehead atoms. The Hall–Kier alpha value is -1.16. The molecule has 1 saturated heterocycles. The molecule has 1 aliphatic heterocycles. The van der Waals surface area contributed by atoms with Crippen LogP contribution in [0.1, 0.15) is 30.9 Å². The molecule has 2 N–H and O–H groups in total. The summed E-state index contributed by atoms with van der Waals surface area (Å²) in [5.41, 5.74) is 1.45. The highest BCUT2D eigenvalue weighted by atomic mass is 32.2. The highest BCUT2D eigenvalue weighted by Crippen LogP contribution is 2.30. The Balaban J connectivity index is 2.46. The number of benzene rings is 1. The molecule has 136 valence electrons. The zero-order chi connectivity index (χ0) is 18.1. The average molecular weight is 377 g/mol. The fraction of sp³-hybridized carbons (Fsp3) is 0.600. The van der Waals surface area contributed by atoms with Crippen molar-refractivity contribution in [2.24, 2.45) is 0 Å². The first-order valence-electron chi connectivity index (χ1n) is 7.83. The number of nitrogens with one attached hydrogen (secondary N) is 1. The van der Waals surface area contributed by atoms with Crippen LogP contribution in [-0.4, -0.2) is 46.9 Å². The van der Waals surface area contributed by atoms with Gasteiger partial charge in [0.15, 0.2) is 0 Å². The molecule has 1 aromatic carbocycles. The van der Waals surface area contributed by atoms with Crippen molar-refractivity contribution in [1.82, 2.24) is 4.72 Å². The Kier molecular flexibility index (Phi) is 5.58. The summed E-state index contributed by atoms with van der Waals surface area (Å²) < 4.78 is 53.3. The van der Waals surface area contributed by atoms with Crippen LogP contribution in [0.4, 0.5) is 5.69 Å². The minimum Gasteiger partial charge on any atom is -0.395 e. The van der Waals surface area contributed by atoms with E-state index in [1.54, 1.807) is 32.9 Å². The minimum absolute atomic E-state index is 0.112. The molecule has 1 aliphatic rings. The van der Waals surface area contributed by atoms with Crippen molar-refractivity contribution >= 4 is 25.7 Å². The predicted molar refractivity (Wildman–Crippen MR) is 93.2 cm³/mol. The van der Waals surface area contributed by atoms with Gasteiger partial charge in [-0.15, -0.1) is 0 Å². The first-order valence-corrected chi connectivity index (χ1v) is 10.9. The van der Waals surface area contributed by atoms with Gasteiger partial charge in [-0.1, -0.05) is 0 Å². The fourth-order valence-corrected chi connectivity index (χ4v) is 6.25. The molecule has 2 rings (SSSR count). The van der Waals surface area contributed by atoms with Gasteiger partial charge >= 0.3 is 0 Å². The number of nitrogens with zero attached hydrogens (tertiary/aromatic N) is 1. The third-order valence-corrected chi connectivity index (χ3v) is 7.74. The lowest BCUT2D eigenvalue weighted by Gasteiger charge is -2.29. The number of hydrogen-bond donors (Lipinski definition) is 2. The van der Waals surface area contributed by atoms with Crippen molar-refractivity contribution in [1.29, 1.82) is 0 Å². The van der Waals surface area contributed by atoms with E-state index in [0.717, 1.165) is 6.42 Å². The number of sulfonamides is 2. The smallest absolute Gasteiger partial charge is 0.241 e. The Morgan fingerprint density at radius 3 is 2.33 bits per heavy atom. The third kappa shape index (κ3) is 3.90. The summed E-state index contributed by atoms with van der Waals surface area (Å²) in [7, 11) is -7.13. The number of rotatable bonds is 5. The van der Waals surface area contributed by atoms with Gasteiger partial charge in [0.1, 0.15) is 0 Å². The summed E-state index contributed by atoms with van der Waals surface area (Å²) in [6, 6.07) is 2.58. The largest absolute Gasteiger partial charge is 0.395 e. The highest BCUT2D eigenvalue weighted by molar-refractivity contribution is 7.92. The van der Waals surface area contributed by atoms with Crippen LogP contribution in [0.3, 0.4) is 0 Å². The number of aliphatic hydroxyl groups excluding tert-OH is 1. The molecule has 1 atom stereocenters. The molecular formula is C15H24N2O5S2. The van der Waals surface area contributed by atoms with E-state index in [1.807, 2.05) is 0 Å². The SMILES string of the molecule is Cc1cc(N2CCCCS2(=O)=O)cc(C)c1S(=O)(=O)N[C@@H](C)CO. The van der Waals surface area contributed by atoms with Crippen LogP contribution >= 0.6 is 0 Å². The van der Waals surface area contributed by atoms with Gasteiger partial charge in [0.05, 0.1) is 22.9 Å². The van der Waals surface area contributed by atoms with Crippen LogP contribution in [0.5, 0.6) is 0 Å². The minimum atomic E-state index is -3.79. The van der Waals surface area contributed by atoms with Gasteiger partial charge in [0.25, 0.3) is 0 Å². The fourth-order valence-electron chi connectivity index (χ4n) is 2.94. The maximum atomic E-state index is 12.5. The van der Waals surface area contributed by atoms with E-state index in [2.05, 4.69) is 4.72 Å². The summed E-state index contributed by atoms with van der Waals surface area (Å²) >= 11 is 0. The molecule has 24 heavy (non-hydrogen) atoms. The van der Waals surface area contributed by atoms with Crippen LogP contribution in [0.25, 0.3) is 0 Å². The Morgan fingerprint density at radius 1 is 1.25 bits per heavy atom. The van der Waals surface area contributed by atoms with Gasteiger partial charge in [0.2, 0.25) is 20.0 Å². The molecule has 0 radical (unpaired) electrons. The summed E-state index contributed by atoms with van der Waals surface area (Å²) in [5.74, 6) is 0.112. The second-order valence-corrected chi connectivity index (χ2v) is 9.87. The summed E-state index contributed by atoms with van der Waals surface area (Å²) in [5, 5.41) is 9.06. The van der Waals surface area contributed by atoms with Gasteiger partial charge in [-0.3, -0.25) is 4.31 Å². The third-order valence-electron chi connectivity index (χ3n) is 3.98. The van der Waals surface area contributed by atoms with Gasteiger partial charge < -0.3 is 5.11 Å². The van der Waals surface area contributed by atoms with Crippen molar-refractivity contribution in [3.63, 3.8) is 0 Å². The average Bonchev–Trinajstić information content (AvgIpc) is 2.44. The van der Waals surface area contributed by atoms with E-state index in [4.69, 9.17) is 5.11 Å². The first kappa shape index (κ1) is 19.2. The van der Waals surface area contributed by atoms with Crippen molar-refractivity contribution in [3.8, 4) is 0 Å². The van der Waals surface area contributed by atoms with E-state index in [1.165, 1.54) is 4.31 Å². The van der Waals surface area contributed by atoms with Gasteiger partial charge in [-0.05, 0) is 56.9 Å². The van der Waals surface area contributed by atoms with Crippen LogP contribution in [-0.2, 0) is 20.0 Å². The summed E-state index contributed by atoms with van der Waals surface area (Å²) in [4.78, 5) is 0.126. The molecule has 0 aromatic heterocycles. The molecule has 7 nitrogen and oxygen atoms in total. The molecule has 0 amide bonds. The highest BCUT2D eigenvalue weighted by Gasteiger charge is 2.28. The quantitative estimate of drug-likeness (QED) is 0.794. The van der Waals surface area contributed by atoms with Crippen LogP contribution in [0, 0.1) is 13.8 Å². The lowest BCUT2D eigenvalue weighted by atomic mass is 10.1. The summed E-state index contributed by atoms with van der Waals surface area (Å²) in [6.45, 7) is 4.96. The molecule has 0 aliphatic carbocycles. The maximum absolute atomic E-state index is 12.5. The number of anilines is 1. The molecular weight excluding hydrogens is 352 g/mol. The Morgan fingerprint density at radius 2 is 1.83 bits per heavy atom. The van der Waals surface area contributed by atoms with E-state index < -0.39 is 26.1 Å². The zero-order valence-electron chi connectivity index (χ0n) is 14.1. The predicted octanol–water partition coefficient (Wildman–Crippen LogP) is 0.893. The number of aliphatic hydroxyl groups is 1. The standard InChI is InChI=1S/C15H24N2O5S2/c1-11-8-14(17-6-4-5-7-23(17,19)20)9-12(2)15(11)24(21,22)16-13(3)10-18/h8-9,13,16,18H,4-7,10H2,1-3H3/t13-/m0/s1. The Labute approximate surface area is 143 Å². The van der Waals surface area contributed by atoms with Crippen molar-refractivity contribution < 1.29 is 21.9 Å². The zero-order valence-corrected chi connectivity index (χ0v) is 15.7. The second-order valence-electron chi connectivity index (χ2n) is 6.21. The molecule has 1 heterocycles. The molecule has 0 spiro atoms. The summed E-state index contributed by atoms with van der Waals surface area (Å²) in [6.07, 6.45) is 1.43. The van der Waals surface area contributed by atoms with Gasteiger partial charge in [0, 0.05) is 12.6 Å². The van der Waals surface area contributed by atoms with Crippen molar-refractivity contribution in [2.45, 2.75) is 44.6 Å². The van der Waals surface area contributed by atoms with Gasteiger partial charge in [-0.25, -0.2) is 21.6 Å². The van der Waals surface area contributed by atoms with Crippen LogP contribution < -0.4 is 9.03 Å². The lowest BCUT2D eigenvalue weighted by Crippen LogP contribution is -2.38.